The highest BCUT2D eigenvalue weighted by atomic mass is 16.3. The third-order valence-corrected chi connectivity index (χ3v) is 7.02. The first kappa shape index (κ1) is 32.4. The molecular weight excluding hydrogens is 452 g/mol. The van der Waals surface area contributed by atoms with Crippen LogP contribution in [-0.4, -0.2) is 70.2 Å². The molecule has 2 aliphatic rings. The van der Waals surface area contributed by atoms with Crippen LogP contribution < -0.4 is 0 Å². The number of likely N-dealkylation sites (tertiary alicyclic amines) is 2. The van der Waals surface area contributed by atoms with Gasteiger partial charge in [-0.1, -0.05) is 77.4 Å². The predicted octanol–water partition coefficient (Wildman–Crippen LogP) is 5.77. The van der Waals surface area contributed by atoms with E-state index in [0.29, 0.717) is 26.2 Å². The molecule has 2 amide bonds. The van der Waals surface area contributed by atoms with Crippen molar-refractivity contribution >= 4 is 11.8 Å². The maximum Gasteiger partial charge on any atom is 0.246 e. The lowest BCUT2D eigenvalue weighted by Crippen LogP contribution is -2.39. The third kappa shape index (κ3) is 16.2. The van der Waals surface area contributed by atoms with E-state index in [9.17, 15) is 19.8 Å². The molecule has 0 radical (unpaired) electrons. The van der Waals surface area contributed by atoms with Crippen molar-refractivity contribution in [3.8, 4) is 0 Å². The molecule has 208 valence electrons. The largest absolute Gasteiger partial charge is 0.393 e. The van der Waals surface area contributed by atoms with E-state index in [1.54, 1.807) is 12.2 Å². The molecule has 0 bridgehead atoms. The Morgan fingerprint density at radius 1 is 0.611 bits per heavy atom. The SMILES string of the molecule is CCCCCCC/C=C/C(=O)N1CCC(O)CC1.CCCCCCC/C=C/C(=O)N1CCC(O)CC1. The lowest BCUT2D eigenvalue weighted by Gasteiger charge is -2.28. The number of aliphatic hydroxyl groups is 2. The zero-order valence-electron chi connectivity index (χ0n) is 23.2. The summed E-state index contributed by atoms with van der Waals surface area (Å²) in [4.78, 5) is 27.3. The van der Waals surface area contributed by atoms with Crippen LogP contribution in [0.15, 0.2) is 24.3 Å². The minimum Gasteiger partial charge on any atom is -0.393 e. The number of carbonyl (C=O) groups excluding carboxylic acids is 2. The van der Waals surface area contributed by atoms with Crippen LogP contribution in [0.4, 0.5) is 0 Å². The van der Waals surface area contributed by atoms with Crippen LogP contribution in [-0.2, 0) is 9.59 Å². The molecule has 0 aromatic carbocycles. The van der Waals surface area contributed by atoms with Gasteiger partial charge in [0, 0.05) is 26.2 Å². The lowest BCUT2D eigenvalue weighted by atomic mass is 10.1. The number of hydrogen-bond donors (Lipinski definition) is 2. The van der Waals surface area contributed by atoms with Gasteiger partial charge in [-0.05, 0) is 63.5 Å². The van der Waals surface area contributed by atoms with Gasteiger partial charge in [-0.15, -0.1) is 0 Å². The van der Waals surface area contributed by atoms with Crippen molar-refractivity contribution in [3.63, 3.8) is 0 Å². The fourth-order valence-electron chi connectivity index (χ4n) is 4.48. The van der Waals surface area contributed by atoms with E-state index in [-0.39, 0.29) is 24.0 Å². The van der Waals surface area contributed by atoms with E-state index in [1.165, 1.54) is 64.2 Å². The summed E-state index contributed by atoms with van der Waals surface area (Å²) >= 11 is 0. The molecule has 0 aromatic heterocycles. The minimum atomic E-state index is -0.211. The predicted molar refractivity (Wildman–Crippen MR) is 149 cm³/mol. The molecule has 2 rings (SSSR count). The highest BCUT2D eigenvalue weighted by molar-refractivity contribution is 5.88. The third-order valence-electron chi connectivity index (χ3n) is 7.02. The number of unbranched alkanes of at least 4 members (excludes halogenated alkanes) is 10. The van der Waals surface area contributed by atoms with Gasteiger partial charge in [0.1, 0.15) is 0 Å². The molecule has 2 N–H and O–H groups in total. The molecule has 6 heteroatoms. The first-order valence-electron chi connectivity index (χ1n) is 14.7. The Bertz CT molecular complexity index is 564. The van der Waals surface area contributed by atoms with Crippen LogP contribution in [0.1, 0.15) is 117 Å². The Labute approximate surface area is 220 Å². The van der Waals surface area contributed by atoms with Gasteiger partial charge in [0.2, 0.25) is 11.8 Å². The molecule has 6 nitrogen and oxygen atoms in total. The first-order valence-corrected chi connectivity index (χ1v) is 14.7. The number of nitrogens with zero attached hydrogens (tertiary/aromatic N) is 2. The van der Waals surface area contributed by atoms with Gasteiger partial charge >= 0.3 is 0 Å². The number of aliphatic hydroxyl groups excluding tert-OH is 2. The summed E-state index contributed by atoms with van der Waals surface area (Å²) in [5, 5.41) is 18.7. The topological polar surface area (TPSA) is 81.1 Å². The second-order valence-corrected chi connectivity index (χ2v) is 10.3. The van der Waals surface area contributed by atoms with E-state index < -0.39 is 0 Å². The Hall–Kier alpha value is -1.66. The molecule has 0 aliphatic carbocycles. The van der Waals surface area contributed by atoms with E-state index >= 15 is 0 Å². The van der Waals surface area contributed by atoms with Crippen LogP contribution in [0.3, 0.4) is 0 Å². The second-order valence-electron chi connectivity index (χ2n) is 10.3. The molecule has 0 unspecified atom stereocenters. The van der Waals surface area contributed by atoms with E-state index in [1.807, 2.05) is 22.0 Å². The molecule has 0 atom stereocenters. The fraction of sp³-hybridized carbons (Fsp3) is 0.800. The number of piperidine rings is 2. The zero-order chi connectivity index (χ0) is 26.4. The summed E-state index contributed by atoms with van der Waals surface area (Å²) in [5.74, 6) is 0.214. The molecule has 2 saturated heterocycles. The molecule has 0 aromatic rings. The molecule has 0 spiro atoms. The summed E-state index contributed by atoms with van der Waals surface area (Å²) < 4.78 is 0. The van der Waals surface area contributed by atoms with Crippen molar-refractivity contribution in [1.29, 1.82) is 0 Å². The van der Waals surface area contributed by atoms with E-state index in [4.69, 9.17) is 0 Å². The molecule has 2 heterocycles. The van der Waals surface area contributed by atoms with E-state index in [0.717, 1.165) is 38.5 Å². The molecule has 0 saturated carbocycles. The van der Waals surface area contributed by atoms with Gasteiger partial charge in [0.25, 0.3) is 0 Å². The maximum absolute atomic E-state index is 11.8. The summed E-state index contributed by atoms with van der Waals surface area (Å²) in [6, 6.07) is 0. The molecule has 36 heavy (non-hydrogen) atoms. The number of rotatable bonds is 14. The molecular formula is C30H54N2O4. The van der Waals surface area contributed by atoms with Crippen molar-refractivity contribution in [2.45, 2.75) is 129 Å². The van der Waals surface area contributed by atoms with Gasteiger partial charge < -0.3 is 20.0 Å². The minimum absolute atomic E-state index is 0.107. The highest BCUT2D eigenvalue weighted by Gasteiger charge is 2.20. The maximum atomic E-state index is 11.8. The van der Waals surface area contributed by atoms with Crippen LogP contribution in [0.25, 0.3) is 0 Å². The van der Waals surface area contributed by atoms with Crippen LogP contribution in [0, 0.1) is 0 Å². The van der Waals surface area contributed by atoms with Crippen LogP contribution in [0.2, 0.25) is 0 Å². The number of allylic oxidation sites excluding steroid dienone is 2. The Kier molecular flexibility index (Phi) is 19.3. The quantitative estimate of drug-likeness (QED) is 0.231. The number of hydrogen-bond acceptors (Lipinski definition) is 4. The standard InChI is InChI=1S/2C15H27NO2/c2*1-2-3-4-5-6-7-8-9-15(18)16-12-10-14(17)11-13-16/h2*8-9,14,17H,2-7,10-13H2,1H3/b2*9-8+. The van der Waals surface area contributed by atoms with Crippen LogP contribution in [0.5, 0.6) is 0 Å². The summed E-state index contributed by atoms with van der Waals surface area (Å²) in [5.41, 5.74) is 0. The molecule has 2 aliphatic heterocycles. The van der Waals surface area contributed by atoms with Gasteiger partial charge in [0.15, 0.2) is 0 Å². The van der Waals surface area contributed by atoms with Crippen molar-refractivity contribution < 1.29 is 19.8 Å². The zero-order valence-corrected chi connectivity index (χ0v) is 23.2. The molecule has 2 fully saturated rings. The Balaban J connectivity index is 0.000000360. The van der Waals surface area contributed by atoms with Gasteiger partial charge in [-0.25, -0.2) is 0 Å². The van der Waals surface area contributed by atoms with Crippen molar-refractivity contribution in [2.75, 3.05) is 26.2 Å². The monoisotopic (exact) mass is 506 g/mol. The smallest absolute Gasteiger partial charge is 0.246 e. The number of carbonyl (C=O) groups is 2. The van der Waals surface area contributed by atoms with Gasteiger partial charge in [-0.2, -0.15) is 0 Å². The Morgan fingerprint density at radius 3 is 1.28 bits per heavy atom. The average Bonchev–Trinajstić information content (AvgIpc) is 2.88. The van der Waals surface area contributed by atoms with Crippen molar-refractivity contribution in [3.05, 3.63) is 24.3 Å². The van der Waals surface area contributed by atoms with Crippen molar-refractivity contribution in [2.24, 2.45) is 0 Å². The van der Waals surface area contributed by atoms with Crippen LogP contribution >= 0.6 is 0 Å². The fourth-order valence-corrected chi connectivity index (χ4v) is 4.48. The summed E-state index contributed by atoms with van der Waals surface area (Å²) in [6.07, 6.45) is 24.6. The normalized spacial score (nSPS) is 17.6. The first-order chi connectivity index (χ1) is 17.5. The summed E-state index contributed by atoms with van der Waals surface area (Å²) in [6.45, 7) is 7.21. The lowest BCUT2D eigenvalue weighted by molar-refractivity contribution is -0.128. The Morgan fingerprint density at radius 2 is 0.944 bits per heavy atom. The van der Waals surface area contributed by atoms with Crippen molar-refractivity contribution in [1.82, 2.24) is 9.80 Å². The van der Waals surface area contributed by atoms with E-state index in [2.05, 4.69) is 13.8 Å². The average molecular weight is 507 g/mol. The number of amides is 2. The van der Waals surface area contributed by atoms with Gasteiger partial charge in [-0.3, -0.25) is 9.59 Å². The summed E-state index contributed by atoms with van der Waals surface area (Å²) in [7, 11) is 0. The highest BCUT2D eigenvalue weighted by Crippen LogP contribution is 2.12. The second kappa shape index (κ2) is 21.4. The van der Waals surface area contributed by atoms with Gasteiger partial charge in [0.05, 0.1) is 12.2 Å².